The summed E-state index contributed by atoms with van der Waals surface area (Å²) in [7, 11) is 0. The number of carboxylic acids is 1. The van der Waals surface area contributed by atoms with Crippen molar-refractivity contribution in [3.63, 3.8) is 0 Å². The average Bonchev–Trinajstić information content (AvgIpc) is 3.13. The Bertz CT molecular complexity index is 872. The molecule has 0 unspecified atom stereocenters. The fraction of sp³-hybridized carbons (Fsp3) is 0.900. The predicted octanol–water partition coefficient (Wildman–Crippen LogP) is 7.09. The second-order valence-electron chi connectivity index (χ2n) is 14.6. The molecule has 0 heterocycles. The van der Waals surface area contributed by atoms with Gasteiger partial charge < -0.3 is 10.2 Å². The van der Waals surface area contributed by atoms with E-state index < -0.39 is 11.4 Å². The summed E-state index contributed by atoms with van der Waals surface area (Å²) in [5.74, 6) is 1.86. The standard InChI is InChI=1S/C30H48O3/c1-18(2)19-10-15-30(25(32)33)17-16-28(6)20(24(19)30)8-9-22-27(5)13-12-23(31)26(3,4)21(27)11-14-29(22,28)7/h8,18-19,21-24,31H,9-17H2,1-7H3,(H,32,33)/t19-,21-,22-,23-,24+,27-,28+,29+,30-/m0/s1. The number of aliphatic hydroxyl groups excluding tert-OH is 1. The van der Waals surface area contributed by atoms with E-state index in [2.05, 4.69) is 54.5 Å². The Morgan fingerprint density at radius 2 is 1.64 bits per heavy atom. The van der Waals surface area contributed by atoms with Crippen molar-refractivity contribution >= 4 is 5.97 Å². The molecule has 0 aromatic rings. The van der Waals surface area contributed by atoms with Gasteiger partial charge >= 0.3 is 5.97 Å². The first kappa shape index (κ1) is 23.9. The minimum Gasteiger partial charge on any atom is -0.481 e. The Balaban J connectivity index is 1.61. The maximum Gasteiger partial charge on any atom is 0.310 e. The van der Waals surface area contributed by atoms with Crippen LogP contribution in [0.1, 0.15) is 106 Å². The second kappa shape index (κ2) is 7.11. The van der Waals surface area contributed by atoms with Crippen molar-refractivity contribution in [2.75, 3.05) is 0 Å². The van der Waals surface area contributed by atoms with E-state index in [9.17, 15) is 15.0 Å². The fourth-order valence-electron chi connectivity index (χ4n) is 10.9. The molecule has 0 spiro atoms. The fourth-order valence-corrected chi connectivity index (χ4v) is 10.9. The average molecular weight is 457 g/mol. The van der Waals surface area contributed by atoms with Crippen molar-refractivity contribution in [3.8, 4) is 0 Å². The molecule has 5 aliphatic carbocycles. The Hall–Kier alpha value is -0.830. The van der Waals surface area contributed by atoms with E-state index in [1.807, 2.05) is 0 Å². The van der Waals surface area contributed by atoms with Crippen LogP contribution in [0.5, 0.6) is 0 Å². The number of carbonyl (C=O) groups is 1. The molecule has 3 heteroatoms. The summed E-state index contributed by atoms with van der Waals surface area (Å²) in [5, 5.41) is 21.4. The third-order valence-corrected chi connectivity index (χ3v) is 13.1. The first-order valence-corrected chi connectivity index (χ1v) is 13.9. The summed E-state index contributed by atoms with van der Waals surface area (Å²) in [5.41, 5.74) is 1.50. The van der Waals surface area contributed by atoms with E-state index in [-0.39, 0.29) is 33.7 Å². The van der Waals surface area contributed by atoms with Crippen LogP contribution in [0.15, 0.2) is 11.6 Å². The van der Waals surface area contributed by atoms with E-state index in [4.69, 9.17) is 0 Å². The molecule has 9 atom stereocenters. The summed E-state index contributed by atoms with van der Waals surface area (Å²) >= 11 is 0. The lowest BCUT2D eigenvalue weighted by Crippen LogP contribution is -2.64. The highest BCUT2D eigenvalue weighted by molar-refractivity contribution is 5.77. The second-order valence-corrected chi connectivity index (χ2v) is 14.6. The maximum absolute atomic E-state index is 12.8. The smallest absolute Gasteiger partial charge is 0.310 e. The van der Waals surface area contributed by atoms with E-state index in [1.165, 1.54) is 18.4 Å². The maximum atomic E-state index is 12.8. The zero-order valence-electron chi connectivity index (χ0n) is 22.2. The number of hydrogen-bond acceptors (Lipinski definition) is 2. The van der Waals surface area contributed by atoms with E-state index >= 15 is 0 Å². The molecule has 4 saturated carbocycles. The molecule has 0 aliphatic heterocycles. The van der Waals surface area contributed by atoms with Gasteiger partial charge in [-0.25, -0.2) is 0 Å². The van der Waals surface area contributed by atoms with Gasteiger partial charge in [0, 0.05) is 0 Å². The van der Waals surface area contributed by atoms with Crippen molar-refractivity contribution in [3.05, 3.63) is 11.6 Å². The van der Waals surface area contributed by atoms with Crippen molar-refractivity contribution in [2.45, 2.75) is 112 Å². The van der Waals surface area contributed by atoms with Gasteiger partial charge in [-0.3, -0.25) is 4.79 Å². The monoisotopic (exact) mass is 456 g/mol. The summed E-state index contributed by atoms with van der Waals surface area (Å²) in [6, 6.07) is 0. The number of allylic oxidation sites excluding steroid dienone is 2. The minimum absolute atomic E-state index is 0.0293. The Morgan fingerprint density at radius 3 is 2.27 bits per heavy atom. The third-order valence-electron chi connectivity index (χ3n) is 13.1. The number of fused-ring (bicyclic) bond motifs is 7. The van der Waals surface area contributed by atoms with Gasteiger partial charge in [-0.1, -0.05) is 60.1 Å². The van der Waals surface area contributed by atoms with Crippen LogP contribution in [0.25, 0.3) is 0 Å². The first-order chi connectivity index (χ1) is 15.3. The van der Waals surface area contributed by atoms with Crippen LogP contribution in [0, 0.1) is 56.7 Å². The molecule has 0 saturated heterocycles. The highest BCUT2D eigenvalue weighted by atomic mass is 16.4. The molecular weight excluding hydrogens is 408 g/mol. The van der Waals surface area contributed by atoms with Crippen LogP contribution in [0.2, 0.25) is 0 Å². The number of hydrogen-bond donors (Lipinski definition) is 2. The number of rotatable bonds is 2. The minimum atomic E-state index is -0.540. The lowest BCUT2D eigenvalue weighted by molar-refractivity contribution is -0.202. The summed E-state index contributed by atoms with van der Waals surface area (Å²) in [4.78, 5) is 12.8. The first-order valence-electron chi connectivity index (χ1n) is 13.9. The van der Waals surface area contributed by atoms with Crippen LogP contribution in [0.3, 0.4) is 0 Å². The van der Waals surface area contributed by atoms with E-state index in [0.29, 0.717) is 23.7 Å². The van der Waals surface area contributed by atoms with Crippen LogP contribution in [-0.2, 0) is 4.79 Å². The highest BCUT2D eigenvalue weighted by Gasteiger charge is 2.70. The quantitative estimate of drug-likeness (QED) is 0.436. The van der Waals surface area contributed by atoms with Gasteiger partial charge in [-0.15, -0.1) is 0 Å². The molecule has 186 valence electrons. The van der Waals surface area contributed by atoms with Gasteiger partial charge in [0.25, 0.3) is 0 Å². The van der Waals surface area contributed by atoms with Crippen LogP contribution < -0.4 is 0 Å². The normalized spacial score (nSPS) is 52.9. The van der Waals surface area contributed by atoms with Gasteiger partial charge in [-0.2, -0.15) is 0 Å². The molecule has 0 amide bonds. The lowest BCUT2D eigenvalue weighted by Gasteiger charge is -2.70. The molecule has 5 rings (SSSR count). The van der Waals surface area contributed by atoms with E-state index in [1.54, 1.807) is 0 Å². The Labute approximate surface area is 201 Å². The van der Waals surface area contributed by atoms with Crippen molar-refractivity contribution in [1.29, 1.82) is 0 Å². The third kappa shape index (κ3) is 2.75. The topological polar surface area (TPSA) is 57.5 Å². The van der Waals surface area contributed by atoms with Crippen molar-refractivity contribution < 1.29 is 15.0 Å². The molecule has 4 fully saturated rings. The molecular formula is C30H48O3. The zero-order valence-corrected chi connectivity index (χ0v) is 22.2. The molecule has 2 N–H and O–H groups in total. The van der Waals surface area contributed by atoms with Gasteiger partial charge in [0.2, 0.25) is 0 Å². The lowest BCUT2D eigenvalue weighted by atomic mass is 9.34. The summed E-state index contributed by atoms with van der Waals surface area (Å²) in [6.07, 6.45) is 11.7. The molecule has 33 heavy (non-hydrogen) atoms. The molecule has 0 bridgehead atoms. The zero-order chi connectivity index (χ0) is 24.2. The Morgan fingerprint density at radius 1 is 0.939 bits per heavy atom. The van der Waals surface area contributed by atoms with Gasteiger partial charge in [0.05, 0.1) is 11.5 Å². The van der Waals surface area contributed by atoms with Gasteiger partial charge in [0.15, 0.2) is 0 Å². The summed E-state index contributed by atoms with van der Waals surface area (Å²) in [6.45, 7) is 16.9. The Kier molecular flexibility index (Phi) is 5.15. The van der Waals surface area contributed by atoms with E-state index in [0.717, 1.165) is 44.9 Å². The predicted molar refractivity (Wildman–Crippen MR) is 133 cm³/mol. The van der Waals surface area contributed by atoms with Gasteiger partial charge in [0.1, 0.15) is 0 Å². The largest absolute Gasteiger partial charge is 0.481 e. The van der Waals surface area contributed by atoms with Crippen molar-refractivity contribution in [2.24, 2.45) is 56.7 Å². The SMILES string of the molecule is CC(C)[C@@H]1CC[C@]2(C(=O)O)CC[C@]3(C)C(=CC[C@H]4[C@@]5(C)CC[C@H](O)C(C)(C)[C@@H]5CC[C@]43C)[C@@H]12. The molecule has 3 nitrogen and oxygen atoms in total. The van der Waals surface area contributed by atoms with Crippen molar-refractivity contribution in [1.82, 2.24) is 0 Å². The van der Waals surface area contributed by atoms with Gasteiger partial charge in [-0.05, 0) is 109 Å². The molecule has 5 aliphatic rings. The molecule has 0 aromatic heterocycles. The molecule has 0 aromatic carbocycles. The van der Waals surface area contributed by atoms with Crippen LogP contribution in [0.4, 0.5) is 0 Å². The van der Waals surface area contributed by atoms with Crippen LogP contribution in [-0.4, -0.2) is 22.3 Å². The number of aliphatic carboxylic acids is 1. The highest BCUT2D eigenvalue weighted by Crippen LogP contribution is 2.76. The van der Waals surface area contributed by atoms with Crippen LogP contribution >= 0.6 is 0 Å². The number of aliphatic hydroxyl groups is 1. The number of carboxylic acid groups (broad SMARTS) is 1. The summed E-state index contributed by atoms with van der Waals surface area (Å²) < 4.78 is 0. The molecule has 0 radical (unpaired) electrons.